The van der Waals surface area contributed by atoms with Gasteiger partial charge in [-0.05, 0) is 42.5 Å². The van der Waals surface area contributed by atoms with Crippen LogP contribution in [0.5, 0.6) is 0 Å². The van der Waals surface area contributed by atoms with Crippen molar-refractivity contribution in [2.24, 2.45) is 0 Å². The first-order valence-corrected chi connectivity index (χ1v) is 12.2. The van der Waals surface area contributed by atoms with E-state index in [1.54, 1.807) is 41.8 Å². The van der Waals surface area contributed by atoms with Crippen molar-refractivity contribution in [3.63, 3.8) is 0 Å². The Morgan fingerprint density at radius 1 is 0.903 bits per heavy atom. The number of aryl methyl sites for hydroxylation is 1. The molecule has 0 unspecified atom stereocenters. The molecule has 0 aliphatic rings. The van der Waals surface area contributed by atoms with Gasteiger partial charge in [-0.15, -0.1) is 11.3 Å². The molecule has 1 heterocycles. The summed E-state index contributed by atoms with van der Waals surface area (Å²) >= 11 is 1.30. The summed E-state index contributed by atoms with van der Waals surface area (Å²) in [6.07, 6.45) is 0.597. The van der Waals surface area contributed by atoms with Gasteiger partial charge in [0.05, 0.1) is 4.90 Å². The van der Waals surface area contributed by atoms with Crippen LogP contribution in [0.25, 0.3) is 0 Å². The molecule has 0 fully saturated rings. The molecular formula is C23H24N2O4S2. The maximum Gasteiger partial charge on any atom is 0.309 e. The first-order chi connectivity index (χ1) is 14.9. The van der Waals surface area contributed by atoms with Crippen molar-refractivity contribution < 1.29 is 18.0 Å². The molecule has 2 N–H and O–H groups in total. The Morgan fingerprint density at radius 2 is 1.58 bits per heavy atom. The molecule has 1 aromatic heterocycles. The van der Waals surface area contributed by atoms with E-state index in [9.17, 15) is 18.0 Å². The maximum atomic E-state index is 13.2. The van der Waals surface area contributed by atoms with E-state index in [1.165, 1.54) is 11.3 Å². The van der Waals surface area contributed by atoms with Gasteiger partial charge in [-0.25, -0.2) is 8.42 Å². The van der Waals surface area contributed by atoms with Gasteiger partial charge in [0.1, 0.15) is 5.25 Å². The Morgan fingerprint density at radius 3 is 2.23 bits per heavy atom. The van der Waals surface area contributed by atoms with Crippen molar-refractivity contribution in [1.29, 1.82) is 0 Å². The van der Waals surface area contributed by atoms with E-state index >= 15 is 0 Å². The standard InChI is InChI=1S/C23H24N2O4S2/c1-17-9-11-19(12-10-17)31(28,29)21(20-8-5-15-30-20)16-25-23(27)22(26)24-14-13-18-6-3-2-4-7-18/h2-12,15,21H,13-14,16H2,1H3,(H,24,26)(H,25,27)/t21-/m0/s1. The number of amides is 2. The Hall–Kier alpha value is -2.97. The zero-order valence-corrected chi connectivity index (χ0v) is 18.7. The van der Waals surface area contributed by atoms with Crippen LogP contribution in [0.1, 0.15) is 21.3 Å². The SMILES string of the molecule is Cc1ccc(S(=O)(=O)[C@@H](CNC(=O)C(=O)NCCc2ccccc2)c2cccs2)cc1. The third-order valence-electron chi connectivity index (χ3n) is 4.78. The van der Waals surface area contributed by atoms with Crippen molar-refractivity contribution in [3.05, 3.63) is 88.1 Å². The maximum absolute atomic E-state index is 13.2. The van der Waals surface area contributed by atoms with Gasteiger partial charge in [0.2, 0.25) is 0 Å². The van der Waals surface area contributed by atoms with E-state index < -0.39 is 26.9 Å². The molecule has 2 amide bonds. The van der Waals surface area contributed by atoms with E-state index in [4.69, 9.17) is 0 Å². The highest BCUT2D eigenvalue weighted by atomic mass is 32.2. The largest absolute Gasteiger partial charge is 0.348 e. The number of sulfone groups is 1. The first-order valence-electron chi connectivity index (χ1n) is 9.82. The average molecular weight is 457 g/mol. The highest BCUT2D eigenvalue weighted by molar-refractivity contribution is 7.91. The third-order valence-corrected chi connectivity index (χ3v) is 8.02. The van der Waals surface area contributed by atoms with Crippen LogP contribution >= 0.6 is 11.3 Å². The predicted molar refractivity (Wildman–Crippen MR) is 122 cm³/mol. The van der Waals surface area contributed by atoms with Crippen LogP contribution < -0.4 is 10.6 Å². The lowest BCUT2D eigenvalue weighted by Gasteiger charge is -2.17. The van der Waals surface area contributed by atoms with Gasteiger partial charge in [-0.1, -0.05) is 54.1 Å². The predicted octanol–water partition coefficient (Wildman–Crippen LogP) is 3.05. The summed E-state index contributed by atoms with van der Waals surface area (Å²) in [5.41, 5.74) is 2.00. The lowest BCUT2D eigenvalue weighted by Crippen LogP contribution is -2.42. The molecule has 0 aliphatic heterocycles. The number of benzene rings is 2. The molecule has 0 aliphatic carbocycles. The normalized spacial score (nSPS) is 12.2. The first kappa shape index (κ1) is 22.7. The average Bonchev–Trinajstić information content (AvgIpc) is 3.29. The van der Waals surface area contributed by atoms with Gasteiger partial charge in [0, 0.05) is 18.0 Å². The van der Waals surface area contributed by atoms with E-state index in [2.05, 4.69) is 10.6 Å². The fourth-order valence-corrected chi connectivity index (χ4v) is 5.83. The van der Waals surface area contributed by atoms with Crippen LogP contribution in [0.15, 0.2) is 77.0 Å². The Bertz CT molecular complexity index is 1110. The van der Waals surface area contributed by atoms with Crippen LogP contribution in [0.2, 0.25) is 0 Å². The van der Waals surface area contributed by atoms with Crippen LogP contribution in [0.4, 0.5) is 0 Å². The summed E-state index contributed by atoms with van der Waals surface area (Å²) in [6, 6.07) is 19.7. The van der Waals surface area contributed by atoms with Crippen molar-refractivity contribution in [1.82, 2.24) is 10.6 Å². The smallest absolute Gasteiger partial charge is 0.309 e. The van der Waals surface area contributed by atoms with E-state index in [0.29, 0.717) is 17.8 Å². The highest BCUT2D eigenvalue weighted by Gasteiger charge is 2.31. The Balaban J connectivity index is 1.63. The fraction of sp³-hybridized carbons (Fsp3) is 0.217. The van der Waals surface area contributed by atoms with Crippen molar-refractivity contribution >= 4 is 33.0 Å². The minimum absolute atomic E-state index is 0.179. The van der Waals surface area contributed by atoms with Gasteiger partial charge in [-0.2, -0.15) is 0 Å². The summed E-state index contributed by atoms with van der Waals surface area (Å²) in [5, 5.41) is 5.86. The Labute approximate surface area is 186 Å². The second-order valence-electron chi connectivity index (χ2n) is 7.06. The minimum atomic E-state index is -3.75. The van der Waals surface area contributed by atoms with Crippen LogP contribution in [0.3, 0.4) is 0 Å². The number of nitrogens with one attached hydrogen (secondary N) is 2. The third kappa shape index (κ3) is 6.02. The Kier molecular flexibility index (Phi) is 7.59. The van der Waals surface area contributed by atoms with Gasteiger partial charge >= 0.3 is 11.8 Å². The summed E-state index contributed by atoms with van der Waals surface area (Å²) in [4.78, 5) is 25.2. The second-order valence-corrected chi connectivity index (χ2v) is 10.2. The zero-order valence-electron chi connectivity index (χ0n) is 17.1. The number of rotatable bonds is 8. The molecule has 0 bridgehead atoms. The number of hydrogen-bond acceptors (Lipinski definition) is 5. The molecule has 31 heavy (non-hydrogen) atoms. The van der Waals surface area contributed by atoms with Crippen molar-refractivity contribution in [2.75, 3.05) is 13.1 Å². The molecule has 6 nitrogen and oxygen atoms in total. The molecule has 0 spiro atoms. The number of hydrogen-bond donors (Lipinski definition) is 2. The summed E-state index contributed by atoms with van der Waals surface area (Å²) in [5.74, 6) is -1.64. The lowest BCUT2D eigenvalue weighted by atomic mass is 10.1. The highest BCUT2D eigenvalue weighted by Crippen LogP contribution is 2.31. The molecular weight excluding hydrogens is 432 g/mol. The summed E-state index contributed by atoms with van der Waals surface area (Å²) in [7, 11) is -3.75. The molecule has 8 heteroatoms. The van der Waals surface area contributed by atoms with Crippen molar-refractivity contribution in [3.8, 4) is 0 Å². The zero-order chi connectivity index (χ0) is 22.3. The van der Waals surface area contributed by atoms with Crippen LogP contribution in [-0.4, -0.2) is 33.3 Å². The van der Waals surface area contributed by atoms with Crippen LogP contribution in [-0.2, 0) is 25.8 Å². The van der Waals surface area contributed by atoms with E-state index in [-0.39, 0.29) is 11.4 Å². The topological polar surface area (TPSA) is 92.3 Å². The monoisotopic (exact) mass is 456 g/mol. The number of thiophene rings is 1. The van der Waals surface area contributed by atoms with Gasteiger partial charge in [0.15, 0.2) is 9.84 Å². The molecule has 2 aromatic carbocycles. The minimum Gasteiger partial charge on any atom is -0.348 e. The van der Waals surface area contributed by atoms with Gasteiger partial charge < -0.3 is 10.6 Å². The second kappa shape index (κ2) is 10.4. The van der Waals surface area contributed by atoms with E-state index in [1.807, 2.05) is 37.3 Å². The molecule has 0 saturated heterocycles. The summed E-state index contributed by atoms with van der Waals surface area (Å²) in [6.45, 7) is 2.00. The molecule has 0 radical (unpaired) electrons. The quantitative estimate of drug-likeness (QED) is 0.510. The molecule has 3 rings (SSSR count). The number of carbonyl (C=O) groups is 2. The van der Waals surface area contributed by atoms with Gasteiger partial charge in [0.25, 0.3) is 0 Å². The van der Waals surface area contributed by atoms with Crippen LogP contribution in [0, 0.1) is 6.92 Å². The fourth-order valence-electron chi connectivity index (χ4n) is 3.04. The molecule has 162 valence electrons. The number of carbonyl (C=O) groups excluding carboxylic acids is 2. The summed E-state index contributed by atoms with van der Waals surface area (Å²) < 4.78 is 26.4. The van der Waals surface area contributed by atoms with E-state index in [0.717, 1.165) is 11.1 Å². The van der Waals surface area contributed by atoms with Gasteiger partial charge in [-0.3, -0.25) is 9.59 Å². The van der Waals surface area contributed by atoms with Crippen molar-refractivity contribution in [2.45, 2.75) is 23.5 Å². The molecule has 3 aromatic rings. The lowest BCUT2D eigenvalue weighted by molar-refractivity contribution is -0.139. The molecule has 0 saturated carbocycles. The molecule has 1 atom stereocenters.